The van der Waals surface area contributed by atoms with Crippen LogP contribution in [0.4, 0.5) is 0 Å². The Bertz CT molecular complexity index is 705. The maximum Gasteiger partial charge on any atom is 0.253 e. The zero-order chi connectivity index (χ0) is 17.0. The lowest BCUT2D eigenvalue weighted by atomic mass is 10.2. The van der Waals surface area contributed by atoms with Gasteiger partial charge in [-0.05, 0) is 45.9 Å². The third-order valence-corrected chi connectivity index (χ3v) is 3.41. The Morgan fingerprint density at radius 1 is 1.26 bits per heavy atom. The predicted octanol–water partition coefficient (Wildman–Crippen LogP) is 1.74. The number of pyridine rings is 1. The number of hydrogen-bond acceptors (Lipinski definition) is 3. The molecule has 2 amide bonds. The molecular weight excluding hydrogens is 292 g/mol. The highest BCUT2D eigenvalue weighted by atomic mass is 16.2. The van der Waals surface area contributed by atoms with Crippen LogP contribution >= 0.6 is 0 Å². The third-order valence-electron chi connectivity index (χ3n) is 3.41. The quantitative estimate of drug-likeness (QED) is 0.882. The molecule has 6 nitrogen and oxygen atoms in total. The van der Waals surface area contributed by atoms with Crippen molar-refractivity contribution in [3.05, 3.63) is 47.4 Å². The van der Waals surface area contributed by atoms with Crippen molar-refractivity contribution in [3.63, 3.8) is 0 Å². The van der Waals surface area contributed by atoms with Gasteiger partial charge in [0, 0.05) is 23.6 Å². The van der Waals surface area contributed by atoms with Crippen LogP contribution in [0.2, 0.25) is 0 Å². The lowest BCUT2D eigenvalue weighted by Crippen LogP contribution is -2.39. The number of carbonyl (C=O) groups excluding carboxylic acids is 2. The van der Waals surface area contributed by atoms with E-state index in [0.717, 1.165) is 17.2 Å². The first-order valence-corrected chi connectivity index (χ1v) is 7.58. The first-order chi connectivity index (χ1) is 10.9. The number of rotatable bonds is 5. The van der Waals surface area contributed by atoms with Crippen LogP contribution in [-0.4, -0.2) is 34.0 Å². The molecule has 0 aliphatic rings. The van der Waals surface area contributed by atoms with Crippen LogP contribution in [0, 0.1) is 13.8 Å². The van der Waals surface area contributed by atoms with Gasteiger partial charge >= 0.3 is 0 Å². The molecule has 0 spiro atoms. The van der Waals surface area contributed by atoms with Crippen molar-refractivity contribution >= 4 is 11.8 Å². The van der Waals surface area contributed by atoms with E-state index in [4.69, 9.17) is 0 Å². The van der Waals surface area contributed by atoms with E-state index in [1.165, 1.54) is 0 Å². The van der Waals surface area contributed by atoms with Crippen LogP contribution in [0.3, 0.4) is 0 Å². The Morgan fingerprint density at radius 2 is 2.00 bits per heavy atom. The van der Waals surface area contributed by atoms with Gasteiger partial charge in [0.25, 0.3) is 5.91 Å². The van der Waals surface area contributed by atoms with Gasteiger partial charge in [0.1, 0.15) is 5.82 Å². The number of nitrogens with zero attached hydrogens (tertiary/aromatic N) is 2. The number of aromatic nitrogens is 2. The number of aryl methyl sites for hydroxylation is 1. The molecule has 0 bridgehead atoms. The van der Waals surface area contributed by atoms with Gasteiger partial charge in [0.2, 0.25) is 5.91 Å². The molecule has 6 heteroatoms. The molecular formula is C17H22N4O2. The zero-order valence-corrected chi connectivity index (χ0v) is 13.9. The summed E-state index contributed by atoms with van der Waals surface area (Å²) < 4.78 is 1.92. The molecule has 0 saturated heterocycles. The van der Waals surface area contributed by atoms with Gasteiger partial charge < -0.3 is 15.2 Å². The predicted molar refractivity (Wildman–Crippen MR) is 88.6 cm³/mol. The maximum atomic E-state index is 12.3. The van der Waals surface area contributed by atoms with E-state index in [2.05, 4.69) is 15.6 Å². The lowest BCUT2D eigenvalue weighted by Gasteiger charge is -2.10. The second kappa shape index (κ2) is 7.09. The van der Waals surface area contributed by atoms with Gasteiger partial charge in [-0.25, -0.2) is 4.98 Å². The summed E-state index contributed by atoms with van der Waals surface area (Å²) in [6, 6.07) is 7.49. The Kier molecular flexibility index (Phi) is 5.16. The molecule has 0 aliphatic heterocycles. The fourth-order valence-corrected chi connectivity index (χ4v) is 2.46. The third kappa shape index (κ3) is 3.97. The summed E-state index contributed by atoms with van der Waals surface area (Å²) in [5, 5.41) is 5.39. The first-order valence-electron chi connectivity index (χ1n) is 7.58. The van der Waals surface area contributed by atoms with E-state index in [-0.39, 0.29) is 24.4 Å². The van der Waals surface area contributed by atoms with E-state index < -0.39 is 0 Å². The summed E-state index contributed by atoms with van der Waals surface area (Å²) in [5.74, 6) is 0.296. The van der Waals surface area contributed by atoms with Gasteiger partial charge in [-0.2, -0.15) is 0 Å². The van der Waals surface area contributed by atoms with E-state index >= 15 is 0 Å². The maximum absolute atomic E-state index is 12.3. The molecule has 2 heterocycles. The molecule has 0 saturated carbocycles. The SMILES string of the molecule is Cc1cc(C(=O)NCC(=O)NC(C)C)c(C)n1-c1ccccn1. The minimum atomic E-state index is -0.265. The van der Waals surface area contributed by atoms with Gasteiger partial charge in [-0.15, -0.1) is 0 Å². The largest absolute Gasteiger partial charge is 0.352 e. The summed E-state index contributed by atoms with van der Waals surface area (Å²) in [7, 11) is 0. The molecule has 2 N–H and O–H groups in total. The minimum absolute atomic E-state index is 0.0374. The molecule has 0 fully saturated rings. The normalized spacial score (nSPS) is 10.7. The molecule has 0 aliphatic carbocycles. The van der Waals surface area contributed by atoms with Crippen LogP contribution in [0.25, 0.3) is 5.82 Å². The number of nitrogens with one attached hydrogen (secondary N) is 2. The molecule has 0 atom stereocenters. The van der Waals surface area contributed by atoms with Crippen molar-refractivity contribution < 1.29 is 9.59 Å². The molecule has 0 radical (unpaired) electrons. The minimum Gasteiger partial charge on any atom is -0.352 e. The highest BCUT2D eigenvalue weighted by Crippen LogP contribution is 2.19. The zero-order valence-electron chi connectivity index (χ0n) is 13.9. The van der Waals surface area contributed by atoms with Crippen LogP contribution in [0.1, 0.15) is 35.6 Å². The molecule has 2 rings (SSSR count). The first kappa shape index (κ1) is 16.7. The summed E-state index contributed by atoms with van der Waals surface area (Å²) in [6.45, 7) is 7.50. The Morgan fingerprint density at radius 3 is 2.61 bits per heavy atom. The van der Waals surface area contributed by atoms with Gasteiger partial charge in [0.05, 0.1) is 12.1 Å². The topological polar surface area (TPSA) is 76.0 Å². The number of hydrogen-bond donors (Lipinski definition) is 2. The Labute approximate surface area is 135 Å². The Hall–Kier alpha value is -2.63. The van der Waals surface area contributed by atoms with Gasteiger partial charge in [0.15, 0.2) is 0 Å². The smallest absolute Gasteiger partial charge is 0.253 e. The Balaban J connectivity index is 2.15. The molecule has 2 aromatic rings. The van der Waals surface area contributed by atoms with Crippen molar-refractivity contribution in [1.82, 2.24) is 20.2 Å². The molecule has 0 aromatic carbocycles. The fraction of sp³-hybridized carbons (Fsp3) is 0.353. The van der Waals surface area contributed by atoms with Crippen LogP contribution in [0.5, 0.6) is 0 Å². The standard InChI is InChI=1S/C17H22N4O2/c1-11(2)20-16(22)10-19-17(23)14-9-12(3)21(13(14)4)15-7-5-6-8-18-15/h5-9,11H,10H2,1-4H3,(H,19,23)(H,20,22). The summed E-state index contributed by atoms with van der Waals surface area (Å²) in [5.41, 5.74) is 2.26. The van der Waals surface area contributed by atoms with Crippen molar-refractivity contribution in [2.45, 2.75) is 33.7 Å². The van der Waals surface area contributed by atoms with Gasteiger partial charge in [-0.3, -0.25) is 9.59 Å². The van der Waals surface area contributed by atoms with Gasteiger partial charge in [-0.1, -0.05) is 6.07 Å². The average Bonchev–Trinajstić information content (AvgIpc) is 2.80. The highest BCUT2D eigenvalue weighted by Gasteiger charge is 2.17. The molecule has 23 heavy (non-hydrogen) atoms. The van der Waals surface area contributed by atoms with E-state index in [1.54, 1.807) is 12.3 Å². The van der Waals surface area contributed by atoms with Crippen molar-refractivity contribution in [1.29, 1.82) is 0 Å². The summed E-state index contributed by atoms with van der Waals surface area (Å²) >= 11 is 0. The second-order valence-corrected chi connectivity index (χ2v) is 5.71. The number of carbonyl (C=O) groups is 2. The fourth-order valence-electron chi connectivity index (χ4n) is 2.46. The second-order valence-electron chi connectivity index (χ2n) is 5.71. The van der Waals surface area contributed by atoms with E-state index in [0.29, 0.717) is 5.56 Å². The summed E-state index contributed by atoms with van der Waals surface area (Å²) in [4.78, 5) is 28.3. The van der Waals surface area contributed by atoms with Crippen LogP contribution in [0.15, 0.2) is 30.5 Å². The van der Waals surface area contributed by atoms with Crippen LogP contribution < -0.4 is 10.6 Å². The van der Waals surface area contributed by atoms with Crippen molar-refractivity contribution in [2.24, 2.45) is 0 Å². The monoisotopic (exact) mass is 314 g/mol. The highest BCUT2D eigenvalue weighted by molar-refractivity contribution is 5.97. The number of amides is 2. The molecule has 0 unspecified atom stereocenters. The van der Waals surface area contributed by atoms with Crippen LogP contribution in [-0.2, 0) is 4.79 Å². The van der Waals surface area contributed by atoms with E-state index in [9.17, 15) is 9.59 Å². The molecule has 122 valence electrons. The van der Waals surface area contributed by atoms with Crippen molar-refractivity contribution in [3.8, 4) is 5.82 Å². The molecule has 2 aromatic heterocycles. The van der Waals surface area contributed by atoms with Crippen molar-refractivity contribution in [2.75, 3.05) is 6.54 Å². The summed E-state index contributed by atoms with van der Waals surface area (Å²) in [6.07, 6.45) is 1.71. The average molecular weight is 314 g/mol. The lowest BCUT2D eigenvalue weighted by molar-refractivity contribution is -0.120. The van der Waals surface area contributed by atoms with E-state index in [1.807, 2.05) is 50.5 Å².